The molecular formula is C19H14N4OS2. The molecule has 1 aromatic carbocycles. The molecule has 26 heavy (non-hydrogen) atoms. The molecule has 0 saturated carbocycles. The highest BCUT2D eigenvalue weighted by Crippen LogP contribution is 2.34. The smallest absolute Gasteiger partial charge is 0.266 e. The maximum Gasteiger partial charge on any atom is 0.266 e. The maximum atomic E-state index is 12.4. The van der Waals surface area contributed by atoms with Gasteiger partial charge in [0, 0.05) is 24.2 Å². The van der Waals surface area contributed by atoms with Gasteiger partial charge in [-0.2, -0.15) is 4.99 Å². The number of hydrogen-bond acceptors (Lipinski definition) is 6. The second-order valence-corrected chi connectivity index (χ2v) is 7.35. The summed E-state index contributed by atoms with van der Waals surface area (Å²) in [5.41, 5.74) is 2.68. The molecule has 0 radical (unpaired) electrons. The molecule has 2 aromatic heterocycles. The topological polar surface area (TPSA) is 58.5 Å². The van der Waals surface area contributed by atoms with E-state index in [2.05, 4.69) is 15.0 Å². The van der Waals surface area contributed by atoms with E-state index in [4.69, 9.17) is 0 Å². The number of thiazole rings is 1. The molecule has 4 rings (SSSR count). The number of amidine groups is 1. The van der Waals surface area contributed by atoms with Crippen molar-refractivity contribution in [2.45, 2.75) is 0 Å². The van der Waals surface area contributed by atoms with Gasteiger partial charge in [0.05, 0.1) is 16.3 Å². The Morgan fingerprint density at radius 3 is 2.69 bits per heavy atom. The number of amides is 1. The molecule has 0 unspecified atom stereocenters. The number of likely N-dealkylation sites (N-methyl/N-ethyl adjacent to an activating group) is 1. The number of carbonyl (C=O) groups excluding carboxylic acids is 1. The summed E-state index contributed by atoms with van der Waals surface area (Å²) in [7, 11) is 1.72. The highest BCUT2D eigenvalue weighted by atomic mass is 32.2. The van der Waals surface area contributed by atoms with Gasteiger partial charge in [-0.1, -0.05) is 36.4 Å². The number of thioether (sulfide) groups is 1. The van der Waals surface area contributed by atoms with Crippen molar-refractivity contribution in [3.8, 4) is 11.3 Å². The van der Waals surface area contributed by atoms with Gasteiger partial charge in [0.2, 0.25) is 5.13 Å². The minimum atomic E-state index is -0.0840. The van der Waals surface area contributed by atoms with Crippen LogP contribution < -0.4 is 0 Å². The van der Waals surface area contributed by atoms with Crippen LogP contribution >= 0.6 is 23.1 Å². The number of benzene rings is 1. The van der Waals surface area contributed by atoms with Crippen LogP contribution in [0.15, 0.2) is 70.0 Å². The fourth-order valence-electron chi connectivity index (χ4n) is 2.39. The Balaban J connectivity index is 1.59. The number of nitrogens with zero attached hydrogens (tertiary/aromatic N) is 4. The summed E-state index contributed by atoms with van der Waals surface area (Å²) in [6.45, 7) is 0. The van der Waals surface area contributed by atoms with Gasteiger partial charge in [-0.25, -0.2) is 4.98 Å². The number of pyridine rings is 1. The summed E-state index contributed by atoms with van der Waals surface area (Å²) in [5.74, 6) is -0.0840. The summed E-state index contributed by atoms with van der Waals surface area (Å²) in [6, 6.07) is 15.6. The fourth-order valence-corrected chi connectivity index (χ4v) is 4.09. The number of carbonyl (C=O) groups is 1. The summed E-state index contributed by atoms with van der Waals surface area (Å²) in [5, 5.41) is 3.22. The minimum Gasteiger partial charge on any atom is -0.289 e. The zero-order valence-corrected chi connectivity index (χ0v) is 15.5. The van der Waals surface area contributed by atoms with E-state index in [1.807, 2.05) is 53.9 Å². The maximum absolute atomic E-state index is 12.4. The Hall–Kier alpha value is -2.77. The zero-order valence-electron chi connectivity index (χ0n) is 13.9. The molecule has 1 aliphatic heterocycles. The van der Waals surface area contributed by atoms with E-state index >= 15 is 0 Å². The predicted molar refractivity (Wildman–Crippen MR) is 107 cm³/mol. The summed E-state index contributed by atoms with van der Waals surface area (Å²) >= 11 is 2.79. The summed E-state index contributed by atoms with van der Waals surface area (Å²) < 4.78 is 0. The third-order valence-corrected chi connectivity index (χ3v) is 5.52. The van der Waals surface area contributed by atoms with E-state index in [1.54, 1.807) is 24.2 Å². The van der Waals surface area contributed by atoms with Crippen molar-refractivity contribution in [1.82, 2.24) is 14.9 Å². The minimum absolute atomic E-state index is 0.0840. The van der Waals surface area contributed by atoms with Crippen molar-refractivity contribution in [1.29, 1.82) is 0 Å². The van der Waals surface area contributed by atoms with Crippen LogP contribution in [0.4, 0.5) is 5.13 Å². The van der Waals surface area contributed by atoms with Crippen molar-refractivity contribution in [3.05, 3.63) is 70.7 Å². The lowest BCUT2D eigenvalue weighted by atomic mass is 10.2. The highest BCUT2D eigenvalue weighted by Gasteiger charge is 2.30. The predicted octanol–water partition coefficient (Wildman–Crippen LogP) is 4.44. The highest BCUT2D eigenvalue weighted by molar-refractivity contribution is 8.18. The standard InChI is InChI=1S/C19H14N4OS2/c1-23-17(24)16(11-14-9-5-6-10-20-14)26-19(23)22-18-21-15(12-25-18)13-7-3-2-4-8-13/h2-12H,1H3/b16-11-,22-19+. The van der Waals surface area contributed by atoms with Gasteiger partial charge < -0.3 is 0 Å². The van der Waals surface area contributed by atoms with Crippen LogP contribution in [-0.2, 0) is 4.79 Å². The number of aromatic nitrogens is 2. The lowest BCUT2D eigenvalue weighted by molar-refractivity contribution is -0.121. The normalized spacial score (nSPS) is 17.4. The largest absolute Gasteiger partial charge is 0.289 e. The SMILES string of the molecule is CN1C(=O)/C(=C/c2ccccn2)S/C1=N/c1nc(-c2ccccc2)cs1. The lowest BCUT2D eigenvalue weighted by Crippen LogP contribution is -2.23. The van der Waals surface area contributed by atoms with Crippen LogP contribution in [0.1, 0.15) is 5.69 Å². The van der Waals surface area contributed by atoms with Gasteiger partial charge in [-0.05, 0) is 30.0 Å². The molecule has 0 bridgehead atoms. The first-order valence-electron chi connectivity index (χ1n) is 7.89. The fraction of sp³-hybridized carbons (Fsp3) is 0.0526. The van der Waals surface area contributed by atoms with E-state index in [-0.39, 0.29) is 5.91 Å². The molecule has 3 aromatic rings. The van der Waals surface area contributed by atoms with E-state index in [0.29, 0.717) is 15.2 Å². The molecule has 1 fully saturated rings. The van der Waals surface area contributed by atoms with Crippen LogP contribution in [0.5, 0.6) is 0 Å². The van der Waals surface area contributed by atoms with Crippen LogP contribution in [-0.4, -0.2) is 33.0 Å². The number of hydrogen-bond donors (Lipinski definition) is 0. The first-order valence-corrected chi connectivity index (χ1v) is 9.58. The second-order valence-electron chi connectivity index (χ2n) is 5.51. The quantitative estimate of drug-likeness (QED) is 0.632. The zero-order chi connectivity index (χ0) is 17.9. The Labute approximate surface area is 159 Å². The Morgan fingerprint density at radius 1 is 1.12 bits per heavy atom. The van der Waals surface area contributed by atoms with Crippen LogP contribution in [0.3, 0.4) is 0 Å². The average molecular weight is 378 g/mol. The van der Waals surface area contributed by atoms with Crippen LogP contribution in [0.25, 0.3) is 17.3 Å². The van der Waals surface area contributed by atoms with E-state index in [0.717, 1.165) is 17.0 Å². The van der Waals surface area contributed by atoms with Gasteiger partial charge in [-0.15, -0.1) is 11.3 Å². The van der Waals surface area contributed by atoms with Crippen LogP contribution in [0.2, 0.25) is 0 Å². The van der Waals surface area contributed by atoms with E-state index < -0.39 is 0 Å². The third-order valence-electron chi connectivity index (χ3n) is 3.72. The van der Waals surface area contributed by atoms with E-state index in [1.165, 1.54) is 23.1 Å². The molecule has 5 nitrogen and oxygen atoms in total. The van der Waals surface area contributed by atoms with Gasteiger partial charge in [0.15, 0.2) is 5.17 Å². The lowest BCUT2D eigenvalue weighted by Gasteiger charge is -2.05. The van der Waals surface area contributed by atoms with Crippen molar-refractivity contribution < 1.29 is 4.79 Å². The summed E-state index contributed by atoms with van der Waals surface area (Å²) in [4.78, 5) is 28.0. The van der Waals surface area contributed by atoms with Crippen molar-refractivity contribution in [2.75, 3.05) is 7.05 Å². The molecule has 128 valence electrons. The van der Waals surface area contributed by atoms with Gasteiger partial charge in [0.1, 0.15) is 0 Å². The first-order chi connectivity index (χ1) is 12.7. The number of rotatable bonds is 3. The van der Waals surface area contributed by atoms with Crippen molar-refractivity contribution in [2.24, 2.45) is 4.99 Å². The molecule has 0 spiro atoms. The molecule has 7 heteroatoms. The van der Waals surface area contributed by atoms with E-state index in [9.17, 15) is 4.79 Å². The molecule has 1 aliphatic rings. The molecule has 0 aliphatic carbocycles. The van der Waals surface area contributed by atoms with Crippen molar-refractivity contribution in [3.63, 3.8) is 0 Å². The third kappa shape index (κ3) is 3.44. The Bertz CT molecular complexity index is 997. The van der Waals surface area contributed by atoms with Gasteiger partial charge in [0.25, 0.3) is 5.91 Å². The van der Waals surface area contributed by atoms with Crippen LogP contribution in [0, 0.1) is 0 Å². The monoisotopic (exact) mass is 378 g/mol. The second kappa shape index (κ2) is 7.23. The van der Waals surface area contributed by atoms with Gasteiger partial charge >= 0.3 is 0 Å². The van der Waals surface area contributed by atoms with Crippen molar-refractivity contribution >= 4 is 45.4 Å². The molecule has 0 atom stereocenters. The molecule has 1 saturated heterocycles. The average Bonchev–Trinajstić information content (AvgIpc) is 3.25. The van der Waals surface area contributed by atoms with Gasteiger partial charge in [-0.3, -0.25) is 14.7 Å². The molecule has 0 N–H and O–H groups in total. The summed E-state index contributed by atoms with van der Waals surface area (Å²) in [6.07, 6.45) is 3.49. The number of aliphatic imine (C=N–C) groups is 1. The molecule has 3 heterocycles. The molecular weight excluding hydrogens is 364 g/mol. The molecule has 1 amide bonds. The first kappa shape index (κ1) is 16.7. The Morgan fingerprint density at radius 2 is 1.92 bits per heavy atom. The Kier molecular flexibility index (Phi) is 4.64.